The largest absolute Gasteiger partial charge is 0.441 e. The number of benzene rings is 1. The van der Waals surface area contributed by atoms with Gasteiger partial charge in [0.25, 0.3) is 0 Å². The molecule has 4 rings (SSSR count). The van der Waals surface area contributed by atoms with Gasteiger partial charge < -0.3 is 4.74 Å². The van der Waals surface area contributed by atoms with Crippen LogP contribution in [0.15, 0.2) is 54.3 Å². The summed E-state index contributed by atoms with van der Waals surface area (Å²) in [5.41, 5.74) is 4.03. The van der Waals surface area contributed by atoms with Crippen LogP contribution in [0, 0.1) is 6.92 Å². The van der Waals surface area contributed by atoms with Gasteiger partial charge in [-0.25, -0.2) is 0 Å². The number of fused-ring (bicyclic) bond motifs is 1. The van der Waals surface area contributed by atoms with Crippen LogP contribution in [-0.4, -0.2) is 19.8 Å². The third-order valence-electron chi connectivity index (χ3n) is 3.88. The summed E-state index contributed by atoms with van der Waals surface area (Å²) in [6.45, 7) is 2.08. The van der Waals surface area contributed by atoms with Crippen molar-refractivity contribution in [2.45, 2.75) is 19.8 Å². The summed E-state index contributed by atoms with van der Waals surface area (Å²) in [5.74, 6) is 1.37. The molecule has 0 unspecified atom stereocenters. The van der Waals surface area contributed by atoms with E-state index in [0.29, 0.717) is 11.5 Å². The lowest BCUT2D eigenvalue weighted by molar-refractivity contribution is 0.384. The fraction of sp³-hybridized carbons (Fsp3) is 0.167. The van der Waals surface area contributed by atoms with Crippen LogP contribution in [0.2, 0.25) is 5.28 Å². The van der Waals surface area contributed by atoms with Gasteiger partial charge in [0, 0.05) is 18.1 Å². The maximum Gasteiger partial charge on any atom is 0.246 e. The Hall–Kier alpha value is -2.66. The molecule has 0 saturated carbocycles. The average Bonchev–Trinajstić information content (AvgIpc) is 2.96. The highest BCUT2D eigenvalue weighted by atomic mass is 35.5. The van der Waals surface area contributed by atoms with Crippen molar-refractivity contribution in [3.05, 3.63) is 70.7 Å². The van der Waals surface area contributed by atoms with Crippen molar-refractivity contribution in [1.29, 1.82) is 0 Å². The van der Waals surface area contributed by atoms with Gasteiger partial charge in [0.15, 0.2) is 5.65 Å². The Balaban J connectivity index is 1.74. The average molecular weight is 339 g/mol. The van der Waals surface area contributed by atoms with Crippen LogP contribution in [0.5, 0.6) is 5.88 Å². The number of aromatic nitrogens is 4. The minimum atomic E-state index is 0.215. The van der Waals surface area contributed by atoms with E-state index in [0.717, 1.165) is 29.7 Å². The lowest BCUT2D eigenvalue weighted by Gasteiger charge is -2.17. The van der Waals surface area contributed by atoms with Crippen LogP contribution in [0.3, 0.4) is 0 Å². The Labute approximate surface area is 144 Å². The van der Waals surface area contributed by atoms with Gasteiger partial charge in [-0.3, -0.25) is 0 Å². The van der Waals surface area contributed by atoms with Gasteiger partial charge in [-0.05, 0) is 36.6 Å². The molecule has 6 heteroatoms. The molecule has 2 heterocycles. The van der Waals surface area contributed by atoms with Crippen molar-refractivity contribution >= 4 is 22.8 Å². The molecule has 24 heavy (non-hydrogen) atoms. The Morgan fingerprint density at radius 2 is 2.08 bits per heavy atom. The molecular formula is C18H15ClN4O. The van der Waals surface area contributed by atoms with Gasteiger partial charge in [-0.15, -0.1) is 15.3 Å². The molecule has 0 spiro atoms. The Bertz CT molecular complexity index is 974. The maximum atomic E-state index is 6.08. The molecule has 120 valence electrons. The van der Waals surface area contributed by atoms with Crippen LogP contribution in [0.25, 0.3) is 11.2 Å². The van der Waals surface area contributed by atoms with Crippen molar-refractivity contribution in [3.63, 3.8) is 0 Å². The number of allylic oxidation sites excluding steroid dienone is 4. The van der Waals surface area contributed by atoms with Crippen molar-refractivity contribution in [2.75, 3.05) is 0 Å². The summed E-state index contributed by atoms with van der Waals surface area (Å²) in [4.78, 5) is 0. The first-order valence-corrected chi connectivity index (χ1v) is 8.11. The van der Waals surface area contributed by atoms with Crippen molar-refractivity contribution in [2.24, 2.45) is 0 Å². The fourth-order valence-electron chi connectivity index (χ4n) is 2.75. The number of nitrogens with zero attached hydrogens (tertiary/aromatic N) is 4. The first-order valence-electron chi connectivity index (χ1n) is 7.73. The zero-order chi connectivity index (χ0) is 16.5. The number of hydrogen-bond acceptors (Lipinski definition) is 4. The smallest absolute Gasteiger partial charge is 0.246 e. The van der Waals surface area contributed by atoms with E-state index in [9.17, 15) is 0 Å². The highest BCUT2D eigenvalue weighted by molar-refractivity contribution is 6.28. The molecule has 0 fully saturated rings. The monoisotopic (exact) mass is 338 g/mol. The molecule has 1 aliphatic carbocycles. The second kappa shape index (κ2) is 6.09. The van der Waals surface area contributed by atoms with E-state index >= 15 is 0 Å². The molecule has 2 aromatic heterocycles. The summed E-state index contributed by atoms with van der Waals surface area (Å²) in [6.07, 6.45) is 6.05. The molecule has 0 radical (unpaired) electrons. The third-order valence-corrected chi connectivity index (χ3v) is 4.12. The molecule has 3 aromatic rings. The van der Waals surface area contributed by atoms with E-state index in [4.69, 9.17) is 16.3 Å². The summed E-state index contributed by atoms with van der Waals surface area (Å²) in [6, 6.07) is 11.9. The number of rotatable bonds is 3. The number of ether oxygens (including phenoxy) is 1. The standard InChI is InChI=1S/C18H15ClN4O/c1-12-5-4-6-13(11-12)14-7-2-3-8-15(14)24-17-10-9-16-20-21-18(19)23(16)22-17/h2,4-7,9-11H,3,8H2,1H3. The van der Waals surface area contributed by atoms with Crippen molar-refractivity contribution in [1.82, 2.24) is 19.8 Å². The van der Waals surface area contributed by atoms with Gasteiger partial charge >= 0.3 is 0 Å². The molecule has 0 atom stereocenters. The highest BCUT2D eigenvalue weighted by Crippen LogP contribution is 2.29. The SMILES string of the molecule is Cc1cccc(C2=C(Oc3ccc4nnc(Cl)n4n3)CCC=C2)c1. The number of aryl methyl sites for hydroxylation is 1. The summed E-state index contributed by atoms with van der Waals surface area (Å²) in [5, 5.41) is 12.3. The number of halogens is 1. The Morgan fingerprint density at radius 3 is 2.96 bits per heavy atom. The molecule has 1 aliphatic rings. The molecule has 0 bridgehead atoms. The number of hydrogen-bond donors (Lipinski definition) is 0. The van der Waals surface area contributed by atoms with Crippen LogP contribution in [-0.2, 0) is 0 Å². The van der Waals surface area contributed by atoms with Crippen molar-refractivity contribution < 1.29 is 4.74 Å². The molecule has 0 aliphatic heterocycles. The van der Waals surface area contributed by atoms with Crippen LogP contribution in [0.4, 0.5) is 0 Å². The van der Waals surface area contributed by atoms with E-state index in [1.54, 1.807) is 12.1 Å². The summed E-state index contributed by atoms with van der Waals surface area (Å²) in [7, 11) is 0. The van der Waals surface area contributed by atoms with Gasteiger partial charge in [0.2, 0.25) is 11.2 Å². The van der Waals surface area contributed by atoms with Gasteiger partial charge in [0.1, 0.15) is 5.76 Å². The van der Waals surface area contributed by atoms with Gasteiger partial charge in [-0.1, -0.05) is 42.0 Å². The molecular weight excluding hydrogens is 324 g/mol. The van der Waals surface area contributed by atoms with E-state index in [-0.39, 0.29) is 5.28 Å². The lowest BCUT2D eigenvalue weighted by Crippen LogP contribution is -2.05. The third kappa shape index (κ3) is 2.78. The van der Waals surface area contributed by atoms with Crippen LogP contribution >= 0.6 is 11.6 Å². The molecule has 1 aromatic carbocycles. The Kier molecular flexibility index (Phi) is 3.78. The van der Waals surface area contributed by atoms with Gasteiger partial charge in [-0.2, -0.15) is 4.52 Å². The zero-order valence-corrected chi connectivity index (χ0v) is 13.9. The highest BCUT2D eigenvalue weighted by Gasteiger charge is 2.14. The molecule has 5 nitrogen and oxygen atoms in total. The van der Waals surface area contributed by atoms with Crippen LogP contribution < -0.4 is 4.74 Å². The predicted octanol–water partition coefficient (Wildman–Crippen LogP) is 4.23. The van der Waals surface area contributed by atoms with E-state index < -0.39 is 0 Å². The molecule has 0 amide bonds. The normalized spacial score (nSPS) is 14.4. The maximum absolute atomic E-state index is 6.08. The topological polar surface area (TPSA) is 52.3 Å². The van der Waals surface area contributed by atoms with E-state index in [1.807, 2.05) is 0 Å². The molecule has 0 N–H and O–H groups in total. The van der Waals surface area contributed by atoms with E-state index in [1.165, 1.54) is 10.1 Å². The summed E-state index contributed by atoms with van der Waals surface area (Å²) >= 11 is 5.98. The zero-order valence-electron chi connectivity index (χ0n) is 13.1. The minimum absolute atomic E-state index is 0.215. The first kappa shape index (κ1) is 14.9. The van der Waals surface area contributed by atoms with Crippen molar-refractivity contribution in [3.8, 4) is 5.88 Å². The second-order valence-electron chi connectivity index (χ2n) is 5.66. The van der Waals surface area contributed by atoms with Gasteiger partial charge in [0.05, 0.1) is 0 Å². The Morgan fingerprint density at radius 1 is 1.17 bits per heavy atom. The second-order valence-corrected chi connectivity index (χ2v) is 6.00. The van der Waals surface area contributed by atoms with E-state index in [2.05, 4.69) is 58.6 Å². The molecule has 0 saturated heterocycles. The first-order chi connectivity index (χ1) is 11.7. The van der Waals surface area contributed by atoms with Crippen LogP contribution in [0.1, 0.15) is 24.0 Å². The summed E-state index contributed by atoms with van der Waals surface area (Å²) < 4.78 is 7.54. The lowest BCUT2D eigenvalue weighted by atomic mass is 9.97. The minimum Gasteiger partial charge on any atom is -0.441 e. The predicted molar refractivity (Wildman–Crippen MR) is 92.9 cm³/mol. The fourth-order valence-corrected chi connectivity index (χ4v) is 2.91. The quantitative estimate of drug-likeness (QED) is 0.717.